The smallest absolute Gasteiger partial charge is 0.171 e. The number of rotatable bonds is 5. The van der Waals surface area contributed by atoms with Gasteiger partial charge in [-0.3, -0.25) is 5.10 Å². The monoisotopic (exact) mass is 313 g/mol. The van der Waals surface area contributed by atoms with Crippen molar-refractivity contribution in [3.8, 4) is 0 Å². The summed E-state index contributed by atoms with van der Waals surface area (Å²) in [7, 11) is 0. The van der Waals surface area contributed by atoms with Crippen LogP contribution in [0.5, 0.6) is 0 Å². The number of para-hydroxylation sites is 1. The van der Waals surface area contributed by atoms with Gasteiger partial charge >= 0.3 is 0 Å². The summed E-state index contributed by atoms with van der Waals surface area (Å²) < 4.78 is 0. The fourth-order valence-electron chi connectivity index (χ4n) is 2.09. The van der Waals surface area contributed by atoms with Gasteiger partial charge in [-0.2, -0.15) is 5.10 Å². The second-order valence-corrected chi connectivity index (χ2v) is 5.33. The first kappa shape index (κ1) is 14.6. The van der Waals surface area contributed by atoms with Crippen molar-refractivity contribution in [2.75, 3.05) is 5.32 Å². The minimum atomic E-state index is -0.376. The number of nitrogens with zero attached hydrogens (tertiary/aromatic N) is 2. The minimum absolute atomic E-state index is 0.376. The van der Waals surface area contributed by atoms with Crippen molar-refractivity contribution in [3.05, 3.63) is 76.8 Å². The van der Waals surface area contributed by atoms with Crippen LogP contribution in [0.3, 0.4) is 0 Å². The van der Waals surface area contributed by atoms with E-state index < -0.39 is 0 Å². The number of aromatic amines is 1. The Balaban J connectivity index is 1.66. The van der Waals surface area contributed by atoms with E-state index >= 15 is 0 Å². The summed E-state index contributed by atoms with van der Waals surface area (Å²) in [5.41, 5.74) is 8.13. The quantitative estimate of drug-likeness (QED) is 0.676. The molecular weight excluding hydrogens is 298 g/mol. The lowest BCUT2D eigenvalue weighted by Gasteiger charge is -2.07. The number of H-pyrrole nitrogens is 1. The Morgan fingerprint density at radius 1 is 1.09 bits per heavy atom. The minimum Gasteiger partial charge on any atom is -0.378 e. The van der Waals surface area contributed by atoms with E-state index in [2.05, 4.69) is 20.5 Å². The van der Waals surface area contributed by atoms with Crippen molar-refractivity contribution in [3.63, 3.8) is 0 Å². The number of hydrogen-bond donors (Lipinski definition) is 3. The second kappa shape index (κ2) is 6.60. The first-order valence-corrected chi connectivity index (χ1v) is 7.31. The predicted molar refractivity (Wildman–Crippen MR) is 87.6 cm³/mol. The standard InChI is InChI=1S/C16H16ClN5/c17-12-8-6-11(7-9-12)15(18)16-20-14(21-22-16)10-19-13-4-2-1-3-5-13/h1-9,15,19H,10,18H2,(H,20,21,22)/t15-/m0/s1. The molecule has 1 atom stereocenters. The molecule has 0 fully saturated rings. The number of nitrogens with two attached hydrogens (primary N) is 1. The topological polar surface area (TPSA) is 79.6 Å². The second-order valence-electron chi connectivity index (χ2n) is 4.89. The van der Waals surface area contributed by atoms with Crippen molar-refractivity contribution in [2.24, 2.45) is 5.73 Å². The van der Waals surface area contributed by atoms with Crippen LogP contribution in [-0.4, -0.2) is 15.2 Å². The Labute approximate surface area is 133 Å². The first-order valence-electron chi connectivity index (χ1n) is 6.93. The number of halogens is 1. The molecule has 1 heterocycles. The number of nitrogens with one attached hydrogen (secondary N) is 2. The Bertz CT molecular complexity index is 724. The molecule has 0 aliphatic carbocycles. The van der Waals surface area contributed by atoms with Crippen LogP contribution in [0.25, 0.3) is 0 Å². The maximum absolute atomic E-state index is 6.18. The highest BCUT2D eigenvalue weighted by molar-refractivity contribution is 6.30. The van der Waals surface area contributed by atoms with Gasteiger partial charge in [-0.05, 0) is 29.8 Å². The molecule has 1 aromatic heterocycles. The lowest BCUT2D eigenvalue weighted by Crippen LogP contribution is -2.13. The van der Waals surface area contributed by atoms with Gasteiger partial charge in [-0.15, -0.1) is 0 Å². The van der Waals surface area contributed by atoms with Crippen LogP contribution in [0.1, 0.15) is 23.3 Å². The van der Waals surface area contributed by atoms with Crippen LogP contribution in [0.2, 0.25) is 5.02 Å². The van der Waals surface area contributed by atoms with Gasteiger partial charge in [-0.25, -0.2) is 4.98 Å². The maximum atomic E-state index is 6.18. The van der Waals surface area contributed by atoms with E-state index in [0.29, 0.717) is 17.4 Å². The summed E-state index contributed by atoms with van der Waals surface area (Å²) in [6, 6.07) is 16.9. The van der Waals surface area contributed by atoms with Gasteiger partial charge in [-0.1, -0.05) is 41.9 Å². The molecule has 6 heteroatoms. The van der Waals surface area contributed by atoms with Crippen molar-refractivity contribution in [1.82, 2.24) is 15.2 Å². The van der Waals surface area contributed by atoms with Crippen molar-refractivity contribution >= 4 is 17.3 Å². The summed E-state index contributed by atoms with van der Waals surface area (Å²) >= 11 is 5.88. The molecule has 3 rings (SSSR count). The van der Waals surface area contributed by atoms with Crippen LogP contribution in [0.4, 0.5) is 5.69 Å². The van der Waals surface area contributed by atoms with Crippen LogP contribution in [-0.2, 0) is 6.54 Å². The van der Waals surface area contributed by atoms with Crippen LogP contribution >= 0.6 is 11.6 Å². The van der Waals surface area contributed by atoms with Crippen LogP contribution < -0.4 is 11.1 Å². The van der Waals surface area contributed by atoms with Gasteiger partial charge in [0.2, 0.25) is 0 Å². The first-order chi connectivity index (χ1) is 10.7. The summed E-state index contributed by atoms with van der Waals surface area (Å²) in [6.07, 6.45) is 0. The van der Waals surface area contributed by atoms with Crippen molar-refractivity contribution < 1.29 is 0 Å². The number of hydrogen-bond acceptors (Lipinski definition) is 4. The van der Waals surface area contributed by atoms with E-state index in [0.717, 1.165) is 17.1 Å². The van der Waals surface area contributed by atoms with Gasteiger partial charge in [0.1, 0.15) is 5.82 Å². The van der Waals surface area contributed by atoms with E-state index in [1.54, 1.807) is 12.1 Å². The van der Waals surface area contributed by atoms with Gasteiger partial charge in [0.15, 0.2) is 5.82 Å². The summed E-state index contributed by atoms with van der Waals surface area (Å²) in [4.78, 5) is 4.44. The highest BCUT2D eigenvalue weighted by atomic mass is 35.5. The fraction of sp³-hybridized carbons (Fsp3) is 0.125. The summed E-state index contributed by atoms with van der Waals surface area (Å²) in [6.45, 7) is 0.560. The average molecular weight is 314 g/mol. The van der Waals surface area contributed by atoms with E-state index in [9.17, 15) is 0 Å². The molecule has 0 saturated carbocycles. The largest absolute Gasteiger partial charge is 0.378 e. The molecule has 22 heavy (non-hydrogen) atoms. The molecule has 0 radical (unpaired) electrons. The van der Waals surface area contributed by atoms with Gasteiger partial charge in [0.25, 0.3) is 0 Å². The Hall–Kier alpha value is -2.37. The molecule has 0 bridgehead atoms. The zero-order valence-corrected chi connectivity index (χ0v) is 12.6. The zero-order valence-electron chi connectivity index (χ0n) is 11.8. The molecule has 5 nitrogen and oxygen atoms in total. The molecule has 0 saturated heterocycles. The molecule has 0 aliphatic heterocycles. The Morgan fingerprint density at radius 3 is 2.55 bits per heavy atom. The molecule has 0 aliphatic rings. The molecule has 112 valence electrons. The molecule has 2 aromatic carbocycles. The van der Waals surface area contributed by atoms with Crippen LogP contribution in [0.15, 0.2) is 54.6 Å². The third-order valence-electron chi connectivity index (χ3n) is 3.29. The Kier molecular flexibility index (Phi) is 4.37. The Morgan fingerprint density at radius 2 is 1.82 bits per heavy atom. The van der Waals surface area contributed by atoms with Gasteiger partial charge < -0.3 is 11.1 Å². The van der Waals surface area contributed by atoms with E-state index in [-0.39, 0.29) is 6.04 Å². The zero-order chi connectivity index (χ0) is 15.4. The lowest BCUT2D eigenvalue weighted by molar-refractivity contribution is 0.787. The predicted octanol–water partition coefficient (Wildman–Crippen LogP) is 3.12. The van der Waals surface area contributed by atoms with Crippen molar-refractivity contribution in [1.29, 1.82) is 0 Å². The number of benzene rings is 2. The third-order valence-corrected chi connectivity index (χ3v) is 3.54. The fourth-order valence-corrected chi connectivity index (χ4v) is 2.22. The molecule has 0 amide bonds. The molecular formula is C16H16ClN5. The summed E-state index contributed by atoms with van der Waals surface area (Å²) in [5.74, 6) is 1.30. The van der Waals surface area contributed by atoms with Crippen LogP contribution in [0, 0.1) is 0 Å². The third kappa shape index (κ3) is 3.44. The van der Waals surface area contributed by atoms with Gasteiger partial charge in [0, 0.05) is 10.7 Å². The highest BCUT2D eigenvalue weighted by Crippen LogP contribution is 2.18. The van der Waals surface area contributed by atoms with E-state index in [4.69, 9.17) is 17.3 Å². The number of aromatic nitrogens is 3. The van der Waals surface area contributed by atoms with Crippen molar-refractivity contribution in [2.45, 2.75) is 12.6 Å². The number of anilines is 1. The highest BCUT2D eigenvalue weighted by Gasteiger charge is 2.14. The lowest BCUT2D eigenvalue weighted by atomic mass is 10.1. The molecule has 0 spiro atoms. The van der Waals surface area contributed by atoms with Gasteiger partial charge in [0.05, 0.1) is 12.6 Å². The normalized spacial score (nSPS) is 12.1. The average Bonchev–Trinajstić information content (AvgIpc) is 3.03. The maximum Gasteiger partial charge on any atom is 0.171 e. The summed E-state index contributed by atoms with van der Waals surface area (Å²) in [5, 5.41) is 11.0. The van der Waals surface area contributed by atoms with E-state index in [1.165, 1.54) is 0 Å². The molecule has 3 aromatic rings. The SMILES string of the molecule is N[C@@H](c1ccc(Cl)cc1)c1n[nH]c(CNc2ccccc2)n1. The van der Waals surface area contributed by atoms with E-state index in [1.807, 2.05) is 42.5 Å². The molecule has 4 N–H and O–H groups in total. The molecule has 0 unspecified atom stereocenters.